The van der Waals surface area contributed by atoms with Gasteiger partial charge in [-0.15, -0.1) is 10.2 Å². The largest absolute Gasteiger partial charge is 0.486 e. The van der Waals surface area contributed by atoms with E-state index in [1.807, 2.05) is 109 Å². The third-order valence-corrected chi connectivity index (χ3v) is 6.44. The minimum absolute atomic E-state index is 0.0521. The molecular weight excluding hydrogens is 442 g/mol. The number of rotatable bonds is 8. The van der Waals surface area contributed by atoms with Gasteiger partial charge in [0.25, 0.3) is 0 Å². The minimum atomic E-state index is 0.0521. The second kappa shape index (κ2) is 9.93. The number of ether oxygens (including phenoxy) is 1. The number of hydrogen-bond acceptors (Lipinski definition) is 5. The molecule has 0 spiro atoms. The molecule has 1 heterocycles. The van der Waals surface area contributed by atoms with E-state index in [0.717, 1.165) is 22.2 Å². The summed E-state index contributed by atoms with van der Waals surface area (Å²) in [5.74, 6) is 1.76. The van der Waals surface area contributed by atoms with Crippen LogP contribution in [0.25, 0.3) is 16.5 Å². The fraction of sp³-hybridized carbons (Fsp3) is 0.107. The van der Waals surface area contributed by atoms with Crippen molar-refractivity contribution in [2.75, 3.05) is 5.75 Å². The molecule has 0 amide bonds. The number of carbonyl (C=O) groups excluding carboxylic acids is 1. The molecule has 0 bridgehead atoms. The Bertz CT molecular complexity index is 1430. The molecule has 4 aromatic carbocycles. The van der Waals surface area contributed by atoms with Crippen LogP contribution < -0.4 is 4.74 Å². The Kier molecular flexibility index (Phi) is 6.40. The number of hydrogen-bond donors (Lipinski definition) is 0. The molecule has 5 rings (SSSR count). The highest BCUT2D eigenvalue weighted by Crippen LogP contribution is 2.25. The van der Waals surface area contributed by atoms with E-state index in [0.29, 0.717) is 16.5 Å². The molecule has 168 valence electrons. The van der Waals surface area contributed by atoms with Crippen LogP contribution in [-0.4, -0.2) is 26.3 Å². The standard InChI is InChI=1S/C28H23N3O2S/c1-20-11-15-24(16-12-20)31-27(18-33-25-9-3-2-4-10-25)29-30-28(31)34-19-26(32)23-14-13-21-7-5-6-8-22(21)17-23/h2-17H,18-19H2,1H3. The second-order valence-electron chi connectivity index (χ2n) is 7.95. The highest BCUT2D eigenvalue weighted by Gasteiger charge is 2.17. The maximum absolute atomic E-state index is 13.0. The van der Waals surface area contributed by atoms with Gasteiger partial charge in [-0.1, -0.05) is 84.1 Å². The van der Waals surface area contributed by atoms with E-state index in [2.05, 4.69) is 10.2 Å². The minimum Gasteiger partial charge on any atom is -0.486 e. The van der Waals surface area contributed by atoms with Crippen LogP contribution in [0.4, 0.5) is 0 Å². The molecule has 0 atom stereocenters. The second-order valence-corrected chi connectivity index (χ2v) is 8.89. The Morgan fingerprint density at radius 3 is 2.38 bits per heavy atom. The number of ketones is 1. The fourth-order valence-electron chi connectivity index (χ4n) is 3.68. The Labute approximate surface area is 202 Å². The van der Waals surface area contributed by atoms with Gasteiger partial charge in [0.15, 0.2) is 16.8 Å². The monoisotopic (exact) mass is 465 g/mol. The lowest BCUT2D eigenvalue weighted by Gasteiger charge is -2.11. The van der Waals surface area contributed by atoms with Gasteiger partial charge in [0.2, 0.25) is 0 Å². The van der Waals surface area contributed by atoms with Gasteiger partial charge in [0, 0.05) is 11.3 Å². The van der Waals surface area contributed by atoms with E-state index in [1.54, 1.807) is 0 Å². The van der Waals surface area contributed by atoms with Crippen molar-refractivity contribution in [1.29, 1.82) is 0 Å². The molecule has 0 saturated carbocycles. The van der Waals surface area contributed by atoms with Crippen LogP contribution in [0.1, 0.15) is 21.7 Å². The zero-order valence-corrected chi connectivity index (χ0v) is 19.5. The normalized spacial score (nSPS) is 11.0. The lowest BCUT2D eigenvalue weighted by molar-refractivity contribution is 0.102. The first-order valence-corrected chi connectivity index (χ1v) is 12.0. The van der Waals surface area contributed by atoms with E-state index < -0.39 is 0 Å². The topological polar surface area (TPSA) is 57.0 Å². The highest BCUT2D eigenvalue weighted by molar-refractivity contribution is 7.99. The molecule has 1 aromatic heterocycles. The van der Waals surface area contributed by atoms with Crippen molar-refractivity contribution in [3.05, 3.63) is 114 Å². The van der Waals surface area contributed by atoms with Gasteiger partial charge >= 0.3 is 0 Å². The highest BCUT2D eigenvalue weighted by atomic mass is 32.2. The van der Waals surface area contributed by atoms with E-state index in [4.69, 9.17) is 4.74 Å². The van der Waals surface area contributed by atoms with Gasteiger partial charge in [-0.2, -0.15) is 0 Å². The number of nitrogens with zero attached hydrogens (tertiary/aromatic N) is 3. The molecule has 0 aliphatic rings. The van der Waals surface area contributed by atoms with Gasteiger partial charge < -0.3 is 4.74 Å². The SMILES string of the molecule is Cc1ccc(-n2c(COc3ccccc3)nnc2SCC(=O)c2ccc3ccccc3c2)cc1. The van der Waals surface area contributed by atoms with Crippen molar-refractivity contribution in [3.8, 4) is 11.4 Å². The number of carbonyl (C=O) groups is 1. The summed E-state index contributed by atoms with van der Waals surface area (Å²) < 4.78 is 7.89. The fourth-order valence-corrected chi connectivity index (χ4v) is 4.55. The third kappa shape index (κ3) is 4.87. The Morgan fingerprint density at radius 1 is 0.853 bits per heavy atom. The summed E-state index contributed by atoms with van der Waals surface area (Å²) in [6, 6.07) is 31.6. The van der Waals surface area contributed by atoms with Crippen molar-refractivity contribution in [1.82, 2.24) is 14.8 Å². The van der Waals surface area contributed by atoms with Crippen LogP contribution in [0.5, 0.6) is 5.75 Å². The molecule has 34 heavy (non-hydrogen) atoms. The first-order valence-electron chi connectivity index (χ1n) is 11.0. The van der Waals surface area contributed by atoms with Crippen LogP contribution in [0, 0.1) is 6.92 Å². The number of benzene rings is 4. The molecule has 0 N–H and O–H groups in total. The van der Waals surface area contributed by atoms with E-state index >= 15 is 0 Å². The zero-order valence-electron chi connectivity index (χ0n) is 18.7. The van der Waals surface area contributed by atoms with E-state index in [-0.39, 0.29) is 18.1 Å². The lowest BCUT2D eigenvalue weighted by atomic mass is 10.1. The van der Waals surface area contributed by atoms with Gasteiger partial charge in [0.1, 0.15) is 12.4 Å². The number of Topliss-reactive ketones (excluding diaryl/α,β-unsaturated/α-hetero) is 1. The molecule has 0 aliphatic carbocycles. The van der Waals surface area contributed by atoms with Gasteiger partial charge in [-0.3, -0.25) is 9.36 Å². The van der Waals surface area contributed by atoms with Crippen LogP contribution in [0.3, 0.4) is 0 Å². The Balaban J connectivity index is 1.38. The van der Waals surface area contributed by atoms with Crippen molar-refractivity contribution < 1.29 is 9.53 Å². The molecule has 0 fully saturated rings. The molecule has 5 aromatic rings. The smallest absolute Gasteiger partial charge is 0.196 e. The molecule has 6 heteroatoms. The van der Waals surface area contributed by atoms with Crippen molar-refractivity contribution >= 4 is 28.3 Å². The number of aryl methyl sites for hydroxylation is 1. The summed E-state index contributed by atoms with van der Waals surface area (Å²) in [6.45, 7) is 2.32. The van der Waals surface area contributed by atoms with Crippen molar-refractivity contribution in [3.63, 3.8) is 0 Å². The average molecular weight is 466 g/mol. The first kappa shape index (κ1) is 21.9. The van der Waals surface area contributed by atoms with E-state index in [1.165, 1.54) is 17.3 Å². The Hall–Kier alpha value is -3.90. The summed E-state index contributed by atoms with van der Waals surface area (Å²) in [7, 11) is 0. The molecule has 0 radical (unpaired) electrons. The van der Waals surface area contributed by atoms with Crippen LogP contribution >= 0.6 is 11.8 Å². The average Bonchev–Trinajstić information content (AvgIpc) is 3.29. The lowest BCUT2D eigenvalue weighted by Crippen LogP contribution is -2.08. The summed E-state index contributed by atoms with van der Waals surface area (Å²) in [6.07, 6.45) is 0. The number of para-hydroxylation sites is 1. The van der Waals surface area contributed by atoms with Crippen LogP contribution in [-0.2, 0) is 6.61 Å². The maximum atomic E-state index is 13.0. The number of fused-ring (bicyclic) bond motifs is 1. The van der Waals surface area contributed by atoms with Gasteiger partial charge in [0.05, 0.1) is 5.75 Å². The summed E-state index contributed by atoms with van der Waals surface area (Å²) >= 11 is 1.38. The zero-order chi connectivity index (χ0) is 23.3. The predicted molar refractivity (Wildman–Crippen MR) is 136 cm³/mol. The maximum Gasteiger partial charge on any atom is 0.196 e. The molecule has 5 nitrogen and oxygen atoms in total. The Morgan fingerprint density at radius 2 is 1.59 bits per heavy atom. The van der Waals surface area contributed by atoms with Crippen LogP contribution in [0.2, 0.25) is 0 Å². The molecular formula is C28H23N3O2S. The summed E-state index contributed by atoms with van der Waals surface area (Å²) in [5.41, 5.74) is 2.79. The van der Waals surface area contributed by atoms with Crippen molar-refractivity contribution in [2.45, 2.75) is 18.7 Å². The van der Waals surface area contributed by atoms with Gasteiger partial charge in [-0.25, -0.2) is 0 Å². The predicted octanol–water partition coefficient (Wildman–Crippen LogP) is 6.28. The number of thioether (sulfide) groups is 1. The first-order chi connectivity index (χ1) is 16.7. The molecule has 0 unspecified atom stereocenters. The summed E-state index contributed by atoms with van der Waals surface area (Å²) in [4.78, 5) is 13.0. The third-order valence-electron chi connectivity index (χ3n) is 5.51. The molecule has 0 saturated heterocycles. The van der Waals surface area contributed by atoms with E-state index in [9.17, 15) is 4.79 Å². The van der Waals surface area contributed by atoms with Gasteiger partial charge in [-0.05, 0) is 48.0 Å². The quantitative estimate of drug-likeness (QED) is 0.199. The number of aromatic nitrogens is 3. The van der Waals surface area contributed by atoms with Crippen LogP contribution in [0.15, 0.2) is 102 Å². The molecule has 0 aliphatic heterocycles. The van der Waals surface area contributed by atoms with Crippen molar-refractivity contribution in [2.24, 2.45) is 0 Å². The summed E-state index contributed by atoms with van der Waals surface area (Å²) in [5, 5.41) is 11.6.